The van der Waals surface area contributed by atoms with Crippen molar-refractivity contribution in [2.45, 2.75) is 18.4 Å². The first-order valence-electron chi connectivity index (χ1n) is 8.38. The van der Waals surface area contributed by atoms with Crippen LogP contribution in [0.3, 0.4) is 0 Å². The van der Waals surface area contributed by atoms with Crippen LogP contribution in [-0.2, 0) is 31.1 Å². The molecule has 1 heterocycles. The second-order valence-corrected chi connectivity index (χ2v) is 7.32. The summed E-state index contributed by atoms with van der Waals surface area (Å²) in [6.45, 7) is -0.0587. The summed E-state index contributed by atoms with van der Waals surface area (Å²) in [7, 11) is 1.12. The Labute approximate surface area is 169 Å². The average molecular weight is 445 g/mol. The molecule has 0 aliphatic carbocycles. The van der Waals surface area contributed by atoms with Crippen LogP contribution in [0.25, 0.3) is 0 Å². The molecule has 2 N–H and O–H groups in total. The number of primary amides is 1. The molecule has 2 aromatic rings. The topological polar surface area (TPSA) is 107 Å². The van der Waals surface area contributed by atoms with E-state index in [-0.39, 0.29) is 17.7 Å². The molecule has 0 spiro atoms. The van der Waals surface area contributed by atoms with E-state index in [1.54, 1.807) is 36.4 Å². The lowest BCUT2D eigenvalue weighted by atomic mass is 9.71. The lowest BCUT2D eigenvalue weighted by molar-refractivity contribution is -0.158. The summed E-state index contributed by atoms with van der Waals surface area (Å²) in [6, 6.07) is 13.2. The molecule has 2 aromatic carbocycles. The Hall–Kier alpha value is -3.00. The van der Waals surface area contributed by atoms with Gasteiger partial charge in [0.2, 0.25) is 5.91 Å². The Morgan fingerprint density at radius 1 is 1.11 bits per heavy atom. The molecule has 8 heteroatoms. The zero-order valence-corrected chi connectivity index (χ0v) is 16.6. The molecular weight excluding hydrogens is 428 g/mol. The van der Waals surface area contributed by atoms with Crippen LogP contribution >= 0.6 is 15.9 Å². The summed E-state index contributed by atoms with van der Waals surface area (Å²) >= 11 is 3.33. The molecule has 144 valence electrons. The van der Waals surface area contributed by atoms with E-state index >= 15 is 0 Å². The zero-order chi connectivity index (χ0) is 20.5. The molecular formula is C20H17BrN2O5. The smallest absolute Gasteiger partial charge is 0.326 e. The second kappa shape index (κ2) is 7.55. The van der Waals surface area contributed by atoms with Crippen molar-refractivity contribution >= 4 is 39.6 Å². The fourth-order valence-electron chi connectivity index (χ4n) is 3.42. The van der Waals surface area contributed by atoms with Gasteiger partial charge in [-0.2, -0.15) is 0 Å². The van der Waals surface area contributed by atoms with Crippen LogP contribution in [-0.4, -0.2) is 35.7 Å². The molecule has 0 aromatic heterocycles. The van der Waals surface area contributed by atoms with Crippen LogP contribution in [0.4, 0.5) is 0 Å². The van der Waals surface area contributed by atoms with E-state index in [1.165, 1.54) is 12.1 Å². The van der Waals surface area contributed by atoms with Crippen LogP contribution in [0.2, 0.25) is 0 Å². The second-order valence-electron chi connectivity index (χ2n) is 6.41. The Morgan fingerprint density at radius 3 is 2.36 bits per heavy atom. The third-order valence-corrected chi connectivity index (χ3v) is 5.23. The highest BCUT2D eigenvalue weighted by Gasteiger charge is 2.57. The largest absolute Gasteiger partial charge is 0.468 e. The van der Waals surface area contributed by atoms with Crippen LogP contribution in [0.15, 0.2) is 53.0 Å². The van der Waals surface area contributed by atoms with Gasteiger partial charge >= 0.3 is 5.97 Å². The summed E-state index contributed by atoms with van der Waals surface area (Å²) in [5, 5.41) is 0. The summed E-state index contributed by atoms with van der Waals surface area (Å²) in [4.78, 5) is 51.9. The van der Waals surface area contributed by atoms with E-state index in [2.05, 4.69) is 15.9 Å². The predicted octanol–water partition coefficient (Wildman–Crippen LogP) is 1.92. The number of methoxy groups -OCH3 is 1. The maximum Gasteiger partial charge on any atom is 0.326 e. The summed E-state index contributed by atoms with van der Waals surface area (Å²) in [5.41, 5.74) is 4.33. The van der Waals surface area contributed by atoms with Crippen LogP contribution < -0.4 is 5.73 Å². The molecule has 1 aliphatic rings. The first kappa shape index (κ1) is 19.8. The number of amides is 3. The van der Waals surface area contributed by atoms with Crippen molar-refractivity contribution in [1.29, 1.82) is 0 Å². The van der Waals surface area contributed by atoms with E-state index < -0.39 is 35.5 Å². The number of fused-ring (bicyclic) bond motifs is 1. The molecule has 0 saturated carbocycles. The Balaban J connectivity index is 2.18. The number of carbonyl (C=O) groups excluding carboxylic acids is 4. The van der Waals surface area contributed by atoms with Crippen LogP contribution in [0.5, 0.6) is 0 Å². The van der Waals surface area contributed by atoms with Gasteiger partial charge in [0, 0.05) is 10.0 Å². The number of imide groups is 1. The number of hydrogen-bond donors (Lipinski definition) is 1. The molecule has 1 atom stereocenters. The molecule has 1 unspecified atom stereocenters. The molecule has 28 heavy (non-hydrogen) atoms. The van der Waals surface area contributed by atoms with Crippen molar-refractivity contribution in [3.8, 4) is 0 Å². The number of nitrogens with two attached hydrogens (primary N) is 1. The number of hydrogen-bond acceptors (Lipinski definition) is 5. The summed E-state index contributed by atoms with van der Waals surface area (Å²) < 4.78 is 5.70. The van der Waals surface area contributed by atoms with Crippen molar-refractivity contribution in [2.24, 2.45) is 5.73 Å². The normalized spacial score (nSPS) is 18.6. The van der Waals surface area contributed by atoms with Gasteiger partial charge in [0.25, 0.3) is 11.8 Å². The minimum absolute atomic E-state index is 0.0587. The third-order valence-electron chi connectivity index (χ3n) is 4.70. The van der Waals surface area contributed by atoms with E-state index in [0.717, 1.165) is 16.5 Å². The number of esters is 1. The Bertz CT molecular complexity index is 973. The van der Waals surface area contributed by atoms with Gasteiger partial charge in [-0.3, -0.25) is 24.1 Å². The first-order chi connectivity index (χ1) is 13.3. The summed E-state index contributed by atoms with van der Waals surface area (Å²) in [6.07, 6.45) is -0.598. The molecule has 0 fully saturated rings. The van der Waals surface area contributed by atoms with Crippen molar-refractivity contribution in [3.05, 3.63) is 69.7 Å². The molecule has 7 nitrogen and oxygen atoms in total. The lowest BCUT2D eigenvalue weighted by Crippen LogP contribution is -2.59. The number of ether oxygens (including phenoxy) is 1. The SMILES string of the molecule is COC(=O)C1(CC(N)=O)C(=O)N(Cc2ccc(Br)cc2)C(=O)c2ccccc21. The van der Waals surface area contributed by atoms with E-state index in [4.69, 9.17) is 10.5 Å². The number of rotatable bonds is 5. The van der Waals surface area contributed by atoms with E-state index in [1.807, 2.05) is 0 Å². The molecule has 0 saturated heterocycles. The number of halogens is 1. The highest BCUT2D eigenvalue weighted by molar-refractivity contribution is 9.10. The lowest BCUT2D eigenvalue weighted by Gasteiger charge is -2.39. The molecule has 3 rings (SSSR count). The first-order valence-corrected chi connectivity index (χ1v) is 9.17. The third kappa shape index (κ3) is 3.20. The Kier molecular flexibility index (Phi) is 5.33. The average Bonchev–Trinajstić information content (AvgIpc) is 2.69. The molecule has 0 bridgehead atoms. The van der Waals surface area contributed by atoms with Gasteiger partial charge in [-0.1, -0.05) is 46.3 Å². The molecule has 3 amide bonds. The van der Waals surface area contributed by atoms with Gasteiger partial charge in [-0.05, 0) is 29.3 Å². The highest BCUT2D eigenvalue weighted by Crippen LogP contribution is 2.39. The predicted molar refractivity (Wildman–Crippen MR) is 103 cm³/mol. The minimum atomic E-state index is -2.00. The van der Waals surface area contributed by atoms with E-state index in [9.17, 15) is 19.2 Å². The maximum absolute atomic E-state index is 13.4. The fourth-order valence-corrected chi connectivity index (χ4v) is 3.68. The van der Waals surface area contributed by atoms with Gasteiger partial charge in [-0.15, -0.1) is 0 Å². The van der Waals surface area contributed by atoms with Gasteiger partial charge in [0.15, 0.2) is 5.41 Å². The standard InChI is InChI=1S/C20H17BrN2O5/c1-28-19(27)20(10-16(22)24)15-5-3-2-4-14(15)17(25)23(18(20)26)11-12-6-8-13(21)9-7-12/h2-9H,10-11H2,1H3,(H2,22,24). The number of nitrogens with zero attached hydrogens (tertiary/aromatic N) is 1. The number of carbonyl (C=O) groups is 4. The molecule has 0 radical (unpaired) electrons. The highest BCUT2D eigenvalue weighted by atomic mass is 79.9. The van der Waals surface area contributed by atoms with Crippen LogP contribution in [0.1, 0.15) is 27.9 Å². The monoisotopic (exact) mass is 444 g/mol. The quantitative estimate of drug-likeness (QED) is 0.430. The van der Waals surface area contributed by atoms with Gasteiger partial charge < -0.3 is 10.5 Å². The van der Waals surface area contributed by atoms with Gasteiger partial charge in [0.05, 0.1) is 20.1 Å². The molecule has 1 aliphatic heterocycles. The zero-order valence-electron chi connectivity index (χ0n) is 15.0. The number of benzene rings is 2. The summed E-state index contributed by atoms with van der Waals surface area (Å²) in [5.74, 6) is -3.17. The van der Waals surface area contributed by atoms with Crippen molar-refractivity contribution in [1.82, 2.24) is 4.90 Å². The maximum atomic E-state index is 13.4. The van der Waals surface area contributed by atoms with Crippen molar-refractivity contribution < 1.29 is 23.9 Å². The van der Waals surface area contributed by atoms with Crippen molar-refractivity contribution in [2.75, 3.05) is 7.11 Å². The van der Waals surface area contributed by atoms with Gasteiger partial charge in [-0.25, -0.2) is 0 Å². The van der Waals surface area contributed by atoms with E-state index in [0.29, 0.717) is 5.56 Å². The minimum Gasteiger partial charge on any atom is -0.468 e. The van der Waals surface area contributed by atoms with Crippen LogP contribution in [0, 0.1) is 0 Å². The van der Waals surface area contributed by atoms with Gasteiger partial charge in [0.1, 0.15) is 0 Å². The fraction of sp³-hybridized carbons (Fsp3) is 0.200. The Morgan fingerprint density at radius 2 is 1.75 bits per heavy atom. The van der Waals surface area contributed by atoms with Crippen molar-refractivity contribution in [3.63, 3.8) is 0 Å².